The van der Waals surface area contributed by atoms with E-state index in [0.29, 0.717) is 16.4 Å². The third kappa shape index (κ3) is 3.75. The molecule has 2 rings (SSSR count). The Morgan fingerprint density at radius 3 is 2.67 bits per heavy atom. The Bertz CT molecular complexity index is 710. The minimum absolute atomic E-state index is 0.0786. The fourth-order valence-corrected chi connectivity index (χ4v) is 4.60. The number of carbonyl (C=O) groups is 2. The van der Waals surface area contributed by atoms with Crippen molar-refractivity contribution in [2.24, 2.45) is 0 Å². The van der Waals surface area contributed by atoms with Crippen molar-refractivity contribution in [1.29, 1.82) is 0 Å². The highest BCUT2D eigenvalue weighted by Crippen LogP contribution is 2.59. The van der Waals surface area contributed by atoms with Crippen LogP contribution in [-0.2, 0) is 32.7 Å². The van der Waals surface area contributed by atoms with Crippen molar-refractivity contribution >= 4 is 30.9 Å². The van der Waals surface area contributed by atoms with Crippen molar-refractivity contribution in [3.05, 3.63) is 35.4 Å². The molecule has 7 nitrogen and oxygen atoms in total. The number of rotatable bonds is 6. The number of esters is 2. The lowest BCUT2D eigenvalue weighted by Crippen LogP contribution is -2.12. The molecule has 1 aromatic rings. The Morgan fingerprint density at radius 1 is 1.29 bits per heavy atom. The fraction of sp³-hybridized carbons (Fsp3) is 0.375. The maximum absolute atomic E-state index is 13.1. The molecule has 2 unspecified atom stereocenters. The SMILES string of the molecule is CCOP1(=O)OC(CC(=O)OC)c2cccc(/C=C/C(=O)OC)c21. The standard InChI is InChI=1S/C16H19O7P/c1-4-22-24(19)16-11(8-9-14(17)20-2)6-5-7-12(16)13(23-24)10-15(18)21-3/h5-9,13H,4,10H2,1-3H3/b9-8+. The van der Waals surface area contributed by atoms with Gasteiger partial charge in [-0.15, -0.1) is 0 Å². The minimum Gasteiger partial charge on any atom is -0.469 e. The van der Waals surface area contributed by atoms with E-state index in [2.05, 4.69) is 9.47 Å². The van der Waals surface area contributed by atoms with Crippen LogP contribution in [0.2, 0.25) is 0 Å². The van der Waals surface area contributed by atoms with Gasteiger partial charge in [-0.25, -0.2) is 4.79 Å². The van der Waals surface area contributed by atoms with E-state index in [1.54, 1.807) is 25.1 Å². The summed E-state index contributed by atoms with van der Waals surface area (Å²) >= 11 is 0. The average Bonchev–Trinajstić information content (AvgIpc) is 2.85. The Morgan fingerprint density at radius 2 is 2.04 bits per heavy atom. The van der Waals surface area contributed by atoms with Crippen LogP contribution in [0.1, 0.15) is 30.6 Å². The van der Waals surface area contributed by atoms with Gasteiger partial charge in [-0.2, -0.15) is 0 Å². The summed E-state index contributed by atoms with van der Waals surface area (Å²) in [5.74, 6) is -1.02. The summed E-state index contributed by atoms with van der Waals surface area (Å²) in [5, 5.41) is 0.362. The number of methoxy groups -OCH3 is 2. The van der Waals surface area contributed by atoms with Crippen LogP contribution < -0.4 is 5.30 Å². The molecule has 0 aromatic heterocycles. The van der Waals surface area contributed by atoms with Crippen molar-refractivity contribution in [1.82, 2.24) is 0 Å². The quantitative estimate of drug-likeness (QED) is 0.440. The van der Waals surface area contributed by atoms with Crippen LogP contribution in [0.3, 0.4) is 0 Å². The third-order valence-electron chi connectivity index (χ3n) is 3.46. The first kappa shape index (κ1) is 18.4. The zero-order valence-corrected chi connectivity index (χ0v) is 14.6. The van der Waals surface area contributed by atoms with Gasteiger partial charge < -0.3 is 14.0 Å². The molecule has 0 N–H and O–H groups in total. The van der Waals surface area contributed by atoms with Crippen LogP contribution in [0.4, 0.5) is 0 Å². The zero-order valence-electron chi connectivity index (χ0n) is 13.7. The fourth-order valence-electron chi connectivity index (χ4n) is 2.44. The summed E-state index contributed by atoms with van der Waals surface area (Å²) in [7, 11) is -1.06. The van der Waals surface area contributed by atoms with Gasteiger partial charge in [-0.05, 0) is 24.1 Å². The predicted molar refractivity (Wildman–Crippen MR) is 86.8 cm³/mol. The van der Waals surface area contributed by atoms with E-state index in [-0.39, 0.29) is 13.0 Å². The molecular weight excluding hydrogens is 335 g/mol. The normalized spacial score (nSPS) is 22.4. The number of carbonyl (C=O) groups excluding carboxylic acids is 2. The summed E-state index contributed by atoms with van der Waals surface area (Å²) in [6.45, 7) is 1.87. The van der Waals surface area contributed by atoms with E-state index in [9.17, 15) is 14.2 Å². The molecule has 1 heterocycles. The van der Waals surface area contributed by atoms with Gasteiger partial charge in [-0.3, -0.25) is 13.9 Å². The van der Waals surface area contributed by atoms with Gasteiger partial charge in [0.2, 0.25) is 0 Å². The molecular formula is C16H19O7P. The molecule has 0 aliphatic carbocycles. The van der Waals surface area contributed by atoms with Gasteiger partial charge >= 0.3 is 19.5 Å². The largest absolute Gasteiger partial charge is 0.469 e. The van der Waals surface area contributed by atoms with Crippen molar-refractivity contribution in [3.8, 4) is 0 Å². The van der Waals surface area contributed by atoms with Gasteiger partial charge in [0.05, 0.1) is 32.6 Å². The van der Waals surface area contributed by atoms with Gasteiger partial charge in [0.25, 0.3) is 0 Å². The molecule has 1 aliphatic heterocycles. The molecule has 0 bridgehead atoms. The zero-order chi connectivity index (χ0) is 17.7. The molecule has 0 amide bonds. The molecule has 0 fully saturated rings. The first-order valence-electron chi connectivity index (χ1n) is 7.34. The number of benzene rings is 1. The van der Waals surface area contributed by atoms with Gasteiger partial charge in [0.15, 0.2) is 0 Å². The average molecular weight is 354 g/mol. The van der Waals surface area contributed by atoms with E-state index in [1.807, 2.05) is 0 Å². The molecule has 0 spiro atoms. The van der Waals surface area contributed by atoms with Crippen molar-refractivity contribution in [3.63, 3.8) is 0 Å². The van der Waals surface area contributed by atoms with Gasteiger partial charge in [-0.1, -0.05) is 18.2 Å². The lowest BCUT2D eigenvalue weighted by molar-refractivity contribution is -0.142. The van der Waals surface area contributed by atoms with E-state index >= 15 is 0 Å². The Kier molecular flexibility index (Phi) is 5.94. The van der Waals surface area contributed by atoms with Gasteiger partial charge in [0.1, 0.15) is 6.10 Å². The van der Waals surface area contributed by atoms with Crippen LogP contribution in [0.15, 0.2) is 24.3 Å². The Hall–Kier alpha value is -1.95. The number of hydrogen-bond acceptors (Lipinski definition) is 7. The van der Waals surface area contributed by atoms with Crippen LogP contribution in [0.25, 0.3) is 6.08 Å². The molecule has 24 heavy (non-hydrogen) atoms. The number of hydrogen-bond donors (Lipinski definition) is 0. The topological polar surface area (TPSA) is 88.1 Å². The van der Waals surface area contributed by atoms with Crippen LogP contribution >= 0.6 is 7.60 Å². The summed E-state index contributed by atoms with van der Waals surface area (Å²) < 4.78 is 33.3. The van der Waals surface area contributed by atoms with Gasteiger partial charge in [0, 0.05) is 6.08 Å². The highest BCUT2D eigenvalue weighted by molar-refractivity contribution is 7.62. The van der Waals surface area contributed by atoms with E-state index in [0.717, 1.165) is 0 Å². The smallest absolute Gasteiger partial charge is 0.362 e. The van der Waals surface area contributed by atoms with Crippen LogP contribution in [-0.4, -0.2) is 32.8 Å². The highest BCUT2D eigenvalue weighted by Gasteiger charge is 2.44. The lowest BCUT2D eigenvalue weighted by Gasteiger charge is -2.14. The maximum Gasteiger partial charge on any atom is 0.362 e. The van der Waals surface area contributed by atoms with E-state index < -0.39 is 25.6 Å². The Labute approximate surface area is 140 Å². The van der Waals surface area contributed by atoms with Crippen molar-refractivity contribution in [2.45, 2.75) is 19.4 Å². The molecule has 0 saturated carbocycles. The monoisotopic (exact) mass is 354 g/mol. The molecule has 8 heteroatoms. The van der Waals surface area contributed by atoms with E-state index in [4.69, 9.17) is 9.05 Å². The lowest BCUT2D eigenvalue weighted by atomic mass is 10.0. The second-order valence-electron chi connectivity index (χ2n) is 4.93. The maximum atomic E-state index is 13.1. The summed E-state index contributed by atoms with van der Waals surface area (Å²) in [6.07, 6.45) is 1.90. The van der Waals surface area contributed by atoms with E-state index in [1.165, 1.54) is 26.4 Å². The number of ether oxygens (including phenoxy) is 2. The van der Waals surface area contributed by atoms with Crippen molar-refractivity contribution < 1.29 is 32.7 Å². The first-order chi connectivity index (χ1) is 11.4. The third-order valence-corrected chi connectivity index (χ3v) is 5.66. The summed E-state index contributed by atoms with van der Waals surface area (Å²) in [5.41, 5.74) is 1.10. The predicted octanol–water partition coefficient (Wildman–Crippen LogP) is 2.36. The molecule has 130 valence electrons. The summed E-state index contributed by atoms with van der Waals surface area (Å²) in [6, 6.07) is 5.13. The molecule has 1 aliphatic rings. The summed E-state index contributed by atoms with van der Waals surface area (Å²) in [4.78, 5) is 22.9. The Balaban J connectivity index is 2.48. The molecule has 0 radical (unpaired) electrons. The molecule has 1 aromatic carbocycles. The second-order valence-corrected chi connectivity index (χ2v) is 6.84. The highest BCUT2D eigenvalue weighted by atomic mass is 31.2. The first-order valence-corrected chi connectivity index (χ1v) is 8.88. The molecule has 0 saturated heterocycles. The van der Waals surface area contributed by atoms with Crippen LogP contribution in [0.5, 0.6) is 0 Å². The van der Waals surface area contributed by atoms with Crippen LogP contribution in [0, 0.1) is 0 Å². The number of fused-ring (bicyclic) bond motifs is 1. The molecule has 2 atom stereocenters. The van der Waals surface area contributed by atoms with Crippen molar-refractivity contribution in [2.75, 3.05) is 20.8 Å². The minimum atomic E-state index is -3.60. The second kappa shape index (κ2) is 7.75.